The second-order valence-corrected chi connectivity index (χ2v) is 7.70. The van der Waals surface area contributed by atoms with Crippen LogP contribution in [0, 0.1) is 29.6 Å². The molecule has 2 aliphatic rings. The van der Waals surface area contributed by atoms with E-state index in [0.717, 1.165) is 28.9 Å². The summed E-state index contributed by atoms with van der Waals surface area (Å²) in [6, 6.07) is 8.17. The number of nitrogens with one attached hydrogen (secondary N) is 1. The summed E-state index contributed by atoms with van der Waals surface area (Å²) in [5, 5.41) is 21.6. The Morgan fingerprint density at radius 1 is 1.30 bits per heavy atom. The van der Waals surface area contributed by atoms with Crippen molar-refractivity contribution in [2.45, 2.75) is 32.5 Å². The van der Waals surface area contributed by atoms with Crippen LogP contribution < -0.4 is 10.1 Å². The van der Waals surface area contributed by atoms with E-state index in [9.17, 15) is 5.26 Å². The van der Waals surface area contributed by atoms with Crippen molar-refractivity contribution in [2.24, 2.45) is 0 Å². The molecule has 8 nitrogen and oxygen atoms in total. The smallest absolute Gasteiger partial charge is 0.213 e. The molecule has 4 rings (SSSR count). The van der Waals surface area contributed by atoms with Crippen LogP contribution in [0.15, 0.2) is 12.1 Å². The third-order valence-electron chi connectivity index (χ3n) is 5.33. The molecule has 0 aromatic carbocycles. The summed E-state index contributed by atoms with van der Waals surface area (Å²) < 4.78 is 10.9. The first kappa shape index (κ1) is 20.4. The summed E-state index contributed by atoms with van der Waals surface area (Å²) in [6.07, 6.45) is 0.783. The average molecular weight is 425 g/mol. The highest BCUT2D eigenvalue weighted by molar-refractivity contribution is 6.30. The van der Waals surface area contributed by atoms with Gasteiger partial charge >= 0.3 is 0 Å². The zero-order valence-electron chi connectivity index (χ0n) is 16.6. The zero-order valence-corrected chi connectivity index (χ0v) is 17.4. The monoisotopic (exact) mass is 424 g/mol. The number of anilines is 1. The number of hydrogen-bond donors (Lipinski definition) is 1. The van der Waals surface area contributed by atoms with Gasteiger partial charge in [0.2, 0.25) is 5.88 Å². The molecule has 0 aliphatic carbocycles. The number of fused-ring (bicyclic) bond motifs is 1. The predicted octanol–water partition coefficient (Wildman–Crippen LogP) is 2.58. The van der Waals surface area contributed by atoms with Gasteiger partial charge in [-0.3, -0.25) is 4.90 Å². The Labute approximate surface area is 180 Å². The molecule has 154 valence electrons. The van der Waals surface area contributed by atoms with Crippen LogP contribution in [0.4, 0.5) is 5.82 Å². The highest BCUT2D eigenvalue weighted by atomic mass is 35.5. The molecule has 0 unspecified atom stereocenters. The molecule has 0 amide bonds. The van der Waals surface area contributed by atoms with Crippen LogP contribution in [0.25, 0.3) is 0 Å². The summed E-state index contributed by atoms with van der Waals surface area (Å²) in [5.74, 6) is 1.19. The summed E-state index contributed by atoms with van der Waals surface area (Å²) in [4.78, 5) is 11.2. The Kier molecular flexibility index (Phi) is 6.01. The van der Waals surface area contributed by atoms with Gasteiger partial charge in [-0.05, 0) is 24.5 Å². The number of nitrogens with zero attached hydrogens (tertiary/aromatic N) is 5. The van der Waals surface area contributed by atoms with Crippen LogP contribution in [-0.4, -0.2) is 47.3 Å². The lowest BCUT2D eigenvalue weighted by Gasteiger charge is -2.31. The fraction of sp³-hybridized carbons (Fsp3) is 0.429. The number of pyridine rings is 2. The second-order valence-electron chi connectivity index (χ2n) is 7.34. The molecule has 2 aromatic rings. The van der Waals surface area contributed by atoms with Crippen LogP contribution in [-0.2, 0) is 24.2 Å². The van der Waals surface area contributed by atoms with E-state index in [1.165, 1.54) is 0 Å². The largest absolute Gasteiger partial charge is 0.469 e. The molecule has 2 aromatic heterocycles. The molecule has 1 fully saturated rings. The van der Waals surface area contributed by atoms with Crippen molar-refractivity contribution in [1.29, 1.82) is 10.5 Å². The van der Waals surface area contributed by atoms with E-state index in [1.54, 1.807) is 0 Å². The quantitative estimate of drug-likeness (QED) is 0.557. The van der Waals surface area contributed by atoms with Gasteiger partial charge in [0.1, 0.15) is 29.7 Å². The number of aryl methyl sites for hydroxylation is 1. The lowest BCUT2D eigenvalue weighted by molar-refractivity contribution is -0.0813. The highest BCUT2D eigenvalue weighted by Crippen LogP contribution is 2.32. The average Bonchev–Trinajstić information content (AvgIpc) is 2.71. The number of rotatable bonds is 6. The lowest BCUT2D eigenvalue weighted by Crippen LogP contribution is -2.38. The summed E-state index contributed by atoms with van der Waals surface area (Å²) in [6.45, 7) is 5.44. The summed E-state index contributed by atoms with van der Waals surface area (Å²) in [7, 11) is 0. The van der Waals surface area contributed by atoms with Crippen molar-refractivity contribution in [3.05, 3.63) is 45.2 Å². The van der Waals surface area contributed by atoms with Crippen LogP contribution in [0.5, 0.6) is 5.88 Å². The van der Waals surface area contributed by atoms with Gasteiger partial charge in [-0.25, -0.2) is 9.97 Å². The van der Waals surface area contributed by atoms with Crippen molar-refractivity contribution in [3.63, 3.8) is 0 Å². The predicted molar refractivity (Wildman–Crippen MR) is 110 cm³/mol. The maximum atomic E-state index is 9.50. The molecule has 4 heterocycles. The van der Waals surface area contributed by atoms with Gasteiger partial charge in [0, 0.05) is 37.0 Å². The minimum atomic E-state index is 0.0920. The van der Waals surface area contributed by atoms with Gasteiger partial charge in [0.15, 0.2) is 0 Å². The standard InChI is InChI=1S/C21H21ClN6O2/c1-13-14(2-3-19(26-13)30-15-11-29-12-15)9-28-7-4-16-17(8-24)20(22)27-21(18(16)10-28)25-6-5-23/h2-3,15H,4,6-7,9-12H2,1H3,(H,25,27). The molecule has 0 spiro atoms. The van der Waals surface area contributed by atoms with Gasteiger partial charge in [0.25, 0.3) is 0 Å². The van der Waals surface area contributed by atoms with Gasteiger partial charge < -0.3 is 14.8 Å². The van der Waals surface area contributed by atoms with E-state index in [0.29, 0.717) is 50.0 Å². The van der Waals surface area contributed by atoms with Crippen LogP contribution >= 0.6 is 11.6 Å². The van der Waals surface area contributed by atoms with E-state index in [4.69, 9.17) is 26.3 Å². The first-order valence-corrected chi connectivity index (χ1v) is 10.1. The Bertz CT molecular complexity index is 1040. The normalized spacial score (nSPS) is 16.1. The van der Waals surface area contributed by atoms with Gasteiger partial charge in [-0.2, -0.15) is 10.5 Å². The third-order valence-corrected chi connectivity index (χ3v) is 5.61. The maximum absolute atomic E-state index is 9.50. The molecule has 0 bridgehead atoms. The highest BCUT2D eigenvalue weighted by Gasteiger charge is 2.26. The minimum absolute atomic E-state index is 0.0920. The van der Waals surface area contributed by atoms with Crippen LogP contribution in [0.2, 0.25) is 5.15 Å². The van der Waals surface area contributed by atoms with Crippen molar-refractivity contribution in [2.75, 3.05) is 31.6 Å². The van der Waals surface area contributed by atoms with Crippen LogP contribution in [0.1, 0.15) is 27.9 Å². The first-order valence-electron chi connectivity index (χ1n) is 9.74. The van der Waals surface area contributed by atoms with E-state index >= 15 is 0 Å². The Hall–Kier alpha value is -2.91. The van der Waals surface area contributed by atoms with E-state index in [1.807, 2.05) is 19.1 Å². The van der Waals surface area contributed by atoms with Gasteiger partial charge in [0.05, 0.1) is 24.8 Å². The van der Waals surface area contributed by atoms with Gasteiger partial charge in [-0.15, -0.1) is 0 Å². The van der Waals surface area contributed by atoms with Crippen molar-refractivity contribution in [3.8, 4) is 18.0 Å². The summed E-state index contributed by atoms with van der Waals surface area (Å²) >= 11 is 6.20. The fourth-order valence-electron chi connectivity index (χ4n) is 3.67. The molecule has 9 heteroatoms. The molecule has 2 aliphatic heterocycles. The lowest BCUT2D eigenvalue weighted by atomic mass is 9.96. The number of aromatic nitrogens is 2. The molecule has 1 N–H and O–H groups in total. The minimum Gasteiger partial charge on any atom is -0.469 e. The SMILES string of the molecule is Cc1nc(OC2COC2)ccc1CN1CCc2c(C#N)c(Cl)nc(NCC#N)c2C1. The molecule has 1 saturated heterocycles. The molecule has 0 radical (unpaired) electrons. The fourth-order valence-corrected chi connectivity index (χ4v) is 3.91. The second kappa shape index (κ2) is 8.85. The zero-order chi connectivity index (χ0) is 21.1. The topological polar surface area (TPSA) is 107 Å². The number of hydrogen-bond acceptors (Lipinski definition) is 8. The summed E-state index contributed by atoms with van der Waals surface area (Å²) in [5.41, 5.74) is 4.30. The van der Waals surface area contributed by atoms with E-state index in [-0.39, 0.29) is 17.8 Å². The van der Waals surface area contributed by atoms with Gasteiger partial charge in [-0.1, -0.05) is 17.7 Å². The molecule has 30 heavy (non-hydrogen) atoms. The van der Waals surface area contributed by atoms with Crippen molar-refractivity contribution in [1.82, 2.24) is 14.9 Å². The third kappa shape index (κ3) is 4.17. The molecular formula is C21H21ClN6O2. The number of nitriles is 2. The Balaban J connectivity index is 1.52. The van der Waals surface area contributed by atoms with E-state index in [2.05, 4.69) is 32.3 Å². The first-order chi connectivity index (χ1) is 14.6. The molecular weight excluding hydrogens is 404 g/mol. The van der Waals surface area contributed by atoms with Crippen molar-refractivity contribution >= 4 is 17.4 Å². The Morgan fingerprint density at radius 3 is 2.80 bits per heavy atom. The maximum Gasteiger partial charge on any atom is 0.213 e. The number of ether oxygens (including phenoxy) is 2. The number of halogens is 1. The van der Waals surface area contributed by atoms with Crippen LogP contribution in [0.3, 0.4) is 0 Å². The molecule has 0 saturated carbocycles. The molecule has 0 atom stereocenters. The van der Waals surface area contributed by atoms with E-state index < -0.39 is 0 Å². The Morgan fingerprint density at radius 2 is 2.13 bits per heavy atom. The van der Waals surface area contributed by atoms with Crippen molar-refractivity contribution < 1.29 is 9.47 Å².